The van der Waals surface area contributed by atoms with Crippen LogP contribution in [-0.2, 0) is 0 Å². The van der Waals surface area contributed by atoms with Gasteiger partial charge in [-0.2, -0.15) is 11.3 Å². The summed E-state index contributed by atoms with van der Waals surface area (Å²) in [4.78, 5) is 14.5. The zero-order valence-corrected chi connectivity index (χ0v) is 16.0. The molecule has 4 rings (SSSR count). The van der Waals surface area contributed by atoms with Crippen LogP contribution in [0.15, 0.2) is 41.1 Å². The lowest BCUT2D eigenvalue weighted by Crippen LogP contribution is -2.53. The smallest absolute Gasteiger partial charge is 0.162 e. The molecule has 2 aromatic heterocycles. The first-order valence-corrected chi connectivity index (χ1v) is 10.0. The average molecular weight is 369 g/mol. The molecule has 1 N–H and O–H groups in total. The van der Waals surface area contributed by atoms with Gasteiger partial charge in [0, 0.05) is 48.6 Å². The minimum atomic E-state index is -0.293. The molecule has 5 nitrogen and oxygen atoms in total. The highest BCUT2D eigenvalue weighted by Gasteiger charge is 2.27. The molecule has 0 radical (unpaired) electrons. The molecule has 0 aliphatic carbocycles. The van der Waals surface area contributed by atoms with Crippen LogP contribution in [0, 0.1) is 0 Å². The molecule has 2 unspecified atom stereocenters. The molecule has 0 saturated carbocycles. The van der Waals surface area contributed by atoms with E-state index < -0.39 is 0 Å². The van der Waals surface area contributed by atoms with Crippen LogP contribution in [0.3, 0.4) is 0 Å². The number of aliphatic hydroxyl groups is 1. The molecular weight excluding hydrogens is 344 g/mol. The normalized spacial score (nSPS) is 19.8. The van der Waals surface area contributed by atoms with Gasteiger partial charge in [-0.15, -0.1) is 0 Å². The number of para-hydroxylation sites is 1. The summed E-state index contributed by atoms with van der Waals surface area (Å²) in [5.74, 6) is 1.81. The molecule has 0 bridgehead atoms. The number of thiophene rings is 1. The van der Waals surface area contributed by atoms with Crippen LogP contribution in [0.25, 0.3) is 22.3 Å². The lowest BCUT2D eigenvalue weighted by molar-refractivity contribution is 0.114. The van der Waals surface area contributed by atoms with E-state index in [-0.39, 0.29) is 6.10 Å². The predicted octanol–water partition coefficient (Wildman–Crippen LogP) is 3.25. The summed E-state index contributed by atoms with van der Waals surface area (Å²) in [5, 5.41) is 14.9. The van der Waals surface area contributed by atoms with E-state index in [2.05, 4.69) is 45.7 Å². The number of hydrogen-bond acceptors (Lipinski definition) is 6. The van der Waals surface area contributed by atoms with Gasteiger partial charge in [-0.05, 0) is 37.4 Å². The molecule has 1 saturated heterocycles. The van der Waals surface area contributed by atoms with Gasteiger partial charge in [-0.1, -0.05) is 12.1 Å². The zero-order valence-electron chi connectivity index (χ0n) is 15.2. The molecule has 2 atom stereocenters. The number of benzene rings is 1. The Morgan fingerprint density at radius 1 is 1.23 bits per heavy atom. The molecule has 1 aliphatic heterocycles. The number of hydrogen-bond donors (Lipinski definition) is 1. The first-order chi connectivity index (χ1) is 12.6. The highest BCUT2D eigenvalue weighted by atomic mass is 32.1. The summed E-state index contributed by atoms with van der Waals surface area (Å²) < 4.78 is 0. The van der Waals surface area contributed by atoms with E-state index in [4.69, 9.17) is 9.97 Å². The molecule has 3 aromatic rings. The molecule has 6 heteroatoms. The van der Waals surface area contributed by atoms with Crippen LogP contribution in [0.2, 0.25) is 0 Å². The largest absolute Gasteiger partial charge is 0.392 e. The monoisotopic (exact) mass is 368 g/mol. The Balaban J connectivity index is 1.71. The number of aliphatic hydroxyl groups excluding tert-OH is 1. The van der Waals surface area contributed by atoms with Crippen molar-refractivity contribution in [2.24, 2.45) is 0 Å². The Labute approximate surface area is 157 Å². The molecule has 1 aliphatic rings. The quantitative estimate of drug-likeness (QED) is 0.766. The first kappa shape index (κ1) is 17.4. The summed E-state index contributed by atoms with van der Waals surface area (Å²) in [6.07, 6.45) is -0.293. The van der Waals surface area contributed by atoms with Crippen molar-refractivity contribution in [3.05, 3.63) is 41.1 Å². The fourth-order valence-corrected chi connectivity index (χ4v) is 4.32. The summed E-state index contributed by atoms with van der Waals surface area (Å²) >= 11 is 1.66. The van der Waals surface area contributed by atoms with Gasteiger partial charge in [-0.3, -0.25) is 4.90 Å². The van der Waals surface area contributed by atoms with Crippen LogP contribution in [0.5, 0.6) is 0 Å². The molecule has 136 valence electrons. The Kier molecular flexibility index (Phi) is 4.89. The second kappa shape index (κ2) is 7.31. The summed E-state index contributed by atoms with van der Waals surface area (Å²) in [5.41, 5.74) is 2.06. The van der Waals surface area contributed by atoms with E-state index >= 15 is 0 Å². The van der Waals surface area contributed by atoms with Crippen molar-refractivity contribution in [3.63, 3.8) is 0 Å². The summed E-state index contributed by atoms with van der Waals surface area (Å²) in [7, 11) is 0. The maximum atomic E-state index is 9.68. The van der Waals surface area contributed by atoms with Crippen molar-refractivity contribution in [1.29, 1.82) is 0 Å². The lowest BCUT2D eigenvalue weighted by Gasteiger charge is -2.41. The van der Waals surface area contributed by atoms with Crippen molar-refractivity contribution in [2.45, 2.75) is 26.0 Å². The van der Waals surface area contributed by atoms with Crippen molar-refractivity contribution >= 4 is 28.1 Å². The third kappa shape index (κ3) is 3.45. The maximum Gasteiger partial charge on any atom is 0.162 e. The van der Waals surface area contributed by atoms with Crippen LogP contribution < -0.4 is 4.90 Å². The molecule has 0 amide bonds. The minimum absolute atomic E-state index is 0.293. The lowest BCUT2D eigenvalue weighted by atomic mass is 10.1. The fraction of sp³-hybridized carbons (Fsp3) is 0.400. The number of fused-ring (bicyclic) bond motifs is 1. The molecule has 1 fully saturated rings. The standard InChI is InChI=1S/C20H24N4OS/c1-14-11-23(12-15(2)25)8-9-24(14)20-17-5-3-4-6-18(17)21-19(22-20)16-7-10-26-13-16/h3-7,10,13-15,25H,8-9,11-12H2,1-2H3. The van der Waals surface area contributed by atoms with Crippen molar-refractivity contribution < 1.29 is 5.11 Å². The second-order valence-corrected chi connectivity index (χ2v) is 7.83. The number of nitrogens with zero attached hydrogens (tertiary/aromatic N) is 4. The van der Waals surface area contributed by atoms with Gasteiger partial charge in [0.05, 0.1) is 11.6 Å². The third-order valence-corrected chi connectivity index (χ3v) is 5.55. The van der Waals surface area contributed by atoms with Crippen LogP contribution in [0.1, 0.15) is 13.8 Å². The number of anilines is 1. The highest BCUT2D eigenvalue weighted by Crippen LogP contribution is 2.30. The van der Waals surface area contributed by atoms with E-state index in [0.29, 0.717) is 6.04 Å². The van der Waals surface area contributed by atoms with E-state index in [0.717, 1.165) is 54.3 Å². The first-order valence-electron chi connectivity index (χ1n) is 9.08. The van der Waals surface area contributed by atoms with Gasteiger partial charge in [0.15, 0.2) is 5.82 Å². The SMILES string of the molecule is CC(O)CN1CCN(c2nc(-c3ccsc3)nc3ccccc23)C(C)C1. The summed E-state index contributed by atoms with van der Waals surface area (Å²) in [6, 6.07) is 10.6. The Bertz CT molecular complexity index is 881. The Hall–Kier alpha value is -2.02. The van der Waals surface area contributed by atoms with E-state index in [1.165, 1.54) is 0 Å². The van der Waals surface area contributed by atoms with Gasteiger partial charge in [0.1, 0.15) is 5.82 Å². The molecule has 3 heterocycles. The predicted molar refractivity (Wildman–Crippen MR) is 108 cm³/mol. The van der Waals surface area contributed by atoms with Gasteiger partial charge < -0.3 is 10.0 Å². The van der Waals surface area contributed by atoms with Crippen molar-refractivity contribution in [3.8, 4) is 11.4 Å². The highest BCUT2D eigenvalue weighted by molar-refractivity contribution is 7.08. The summed E-state index contributed by atoms with van der Waals surface area (Å²) in [6.45, 7) is 7.57. The molecule has 0 spiro atoms. The topological polar surface area (TPSA) is 52.5 Å². The number of β-amino-alcohol motifs (C(OH)–C–C–N with tert-alkyl or cyclic N) is 1. The minimum Gasteiger partial charge on any atom is -0.392 e. The maximum absolute atomic E-state index is 9.68. The number of piperazine rings is 1. The van der Waals surface area contributed by atoms with Crippen LogP contribution in [-0.4, -0.2) is 58.3 Å². The molecule has 26 heavy (non-hydrogen) atoms. The van der Waals surface area contributed by atoms with E-state index in [1.54, 1.807) is 11.3 Å². The third-order valence-electron chi connectivity index (χ3n) is 4.87. The van der Waals surface area contributed by atoms with Crippen LogP contribution in [0.4, 0.5) is 5.82 Å². The van der Waals surface area contributed by atoms with Gasteiger partial charge >= 0.3 is 0 Å². The second-order valence-electron chi connectivity index (χ2n) is 7.05. The van der Waals surface area contributed by atoms with Gasteiger partial charge in [0.2, 0.25) is 0 Å². The zero-order chi connectivity index (χ0) is 18.1. The van der Waals surface area contributed by atoms with Crippen LogP contribution >= 0.6 is 11.3 Å². The van der Waals surface area contributed by atoms with Gasteiger partial charge in [0.25, 0.3) is 0 Å². The van der Waals surface area contributed by atoms with E-state index in [9.17, 15) is 5.11 Å². The number of aromatic nitrogens is 2. The average Bonchev–Trinajstić information content (AvgIpc) is 3.15. The van der Waals surface area contributed by atoms with E-state index in [1.807, 2.05) is 19.1 Å². The van der Waals surface area contributed by atoms with Gasteiger partial charge in [-0.25, -0.2) is 9.97 Å². The molecule has 1 aromatic carbocycles. The Morgan fingerprint density at radius 2 is 2.08 bits per heavy atom. The Morgan fingerprint density at radius 3 is 2.81 bits per heavy atom. The number of rotatable bonds is 4. The van der Waals surface area contributed by atoms with Crippen molar-refractivity contribution in [2.75, 3.05) is 31.1 Å². The fourth-order valence-electron chi connectivity index (χ4n) is 3.69. The van der Waals surface area contributed by atoms with Crippen molar-refractivity contribution in [1.82, 2.24) is 14.9 Å². The molecular formula is C20H24N4OS.